The number of amides is 1. The number of rotatable bonds is 5. The molecular weight excluding hydrogens is 360 g/mol. The average Bonchev–Trinajstić information content (AvgIpc) is 3.33. The number of aromatic nitrogens is 1. The lowest BCUT2D eigenvalue weighted by Gasteiger charge is -2.38. The summed E-state index contributed by atoms with van der Waals surface area (Å²) in [7, 11) is 0. The maximum absolute atomic E-state index is 12.4. The lowest BCUT2D eigenvalue weighted by molar-refractivity contribution is -0.116. The molecule has 5 nitrogen and oxygen atoms in total. The van der Waals surface area contributed by atoms with E-state index >= 15 is 0 Å². The molecule has 1 aromatic heterocycles. The van der Waals surface area contributed by atoms with Crippen LogP contribution in [0.3, 0.4) is 0 Å². The summed E-state index contributed by atoms with van der Waals surface area (Å²) >= 11 is 1.58. The number of nitrogens with zero attached hydrogens (tertiary/aromatic N) is 1. The molecule has 1 N–H and O–H groups in total. The summed E-state index contributed by atoms with van der Waals surface area (Å²) in [5, 5.41) is 6.07. The number of hydrogen-bond donors (Lipinski definition) is 1. The second-order valence-electron chi connectivity index (χ2n) is 7.25. The van der Waals surface area contributed by atoms with Crippen molar-refractivity contribution < 1.29 is 14.3 Å². The van der Waals surface area contributed by atoms with Crippen LogP contribution < -0.4 is 14.8 Å². The first-order valence-electron chi connectivity index (χ1n) is 9.43. The Hall–Kier alpha value is -2.34. The Balaban J connectivity index is 1.47. The van der Waals surface area contributed by atoms with Gasteiger partial charge in [0.2, 0.25) is 12.7 Å². The van der Waals surface area contributed by atoms with Crippen molar-refractivity contribution in [1.82, 2.24) is 10.3 Å². The summed E-state index contributed by atoms with van der Waals surface area (Å²) < 4.78 is 11.0. The first-order valence-corrected chi connectivity index (χ1v) is 10.3. The van der Waals surface area contributed by atoms with Crippen molar-refractivity contribution >= 4 is 23.3 Å². The maximum Gasteiger partial charge on any atom is 0.244 e. The van der Waals surface area contributed by atoms with E-state index in [0.29, 0.717) is 6.54 Å². The third kappa shape index (κ3) is 4.00. The number of ether oxygens (including phenoxy) is 2. The number of nitrogens with one attached hydrogen (secondary N) is 1. The lowest BCUT2D eigenvalue weighted by atomic mass is 9.69. The van der Waals surface area contributed by atoms with Crippen LogP contribution in [-0.4, -0.2) is 24.2 Å². The van der Waals surface area contributed by atoms with Gasteiger partial charge in [-0.3, -0.25) is 4.79 Å². The van der Waals surface area contributed by atoms with Gasteiger partial charge in [0.1, 0.15) is 0 Å². The van der Waals surface area contributed by atoms with Crippen molar-refractivity contribution in [2.45, 2.75) is 44.4 Å². The predicted octanol–water partition coefficient (Wildman–Crippen LogP) is 4.21. The highest BCUT2D eigenvalue weighted by Crippen LogP contribution is 2.43. The number of aryl methyl sites for hydroxylation is 1. The topological polar surface area (TPSA) is 60.5 Å². The third-order valence-corrected chi connectivity index (χ3v) is 6.23. The molecule has 0 atom stereocenters. The molecule has 27 heavy (non-hydrogen) atoms. The van der Waals surface area contributed by atoms with Crippen LogP contribution in [0.25, 0.3) is 6.08 Å². The highest BCUT2D eigenvalue weighted by molar-refractivity contribution is 7.09. The Morgan fingerprint density at radius 3 is 2.85 bits per heavy atom. The number of carbonyl (C=O) groups is 1. The molecule has 0 unspecified atom stereocenters. The quantitative estimate of drug-likeness (QED) is 0.785. The molecular formula is C21H24N2O3S. The van der Waals surface area contributed by atoms with Crippen molar-refractivity contribution in [2.75, 3.05) is 13.3 Å². The summed E-state index contributed by atoms with van der Waals surface area (Å²) in [5.41, 5.74) is 2.02. The number of hydrogen-bond acceptors (Lipinski definition) is 5. The van der Waals surface area contributed by atoms with Gasteiger partial charge in [0, 0.05) is 23.4 Å². The van der Waals surface area contributed by atoms with Gasteiger partial charge in [-0.15, -0.1) is 11.3 Å². The summed E-state index contributed by atoms with van der Waals surface area (Å²) in [6, 6.07) is 6.20. The first kappa shape index (κ1) is 18.0. The van der Waals surface area contributed by atoms with Crippen LogP contribution in [0, 0.1) is 6.92 Å². The molecule has 2 heterocycles. The van der Waals surface area contributed by atoms with Gasteiger partial charge in [-0.2, -0.15) is 0 Å². The maximum atomic E-state index is 12.4. The van der Waals surface area contributed by atoms with Crippen LogP contribution in [0.5, 0.6) is 11.5 Å². The van der Waals surface area contributed by atoms with E-state index in [1.165, 1.54) is 24.8 Å². The van der Waals surface area contributed by atoms with E-state index in [-0.39, 0.29) is 18.1 Å². The van der Waals surface area contributed by atoms with E-state index in [0.717, 1.165) is 35.0 Å². The molecule has 0 bridgehead atoms. The van der Waals surface area contributed by atoms with E-state index < -0.39 is 0 Å². The number of carbonyl (C=O) groups excluding carboxylic acids is 1. The largest absolute Gasteiger partial charge is 0.454 e. The lowest BCUT2D eigenvalue weighted by Crippen LogP contribution is -2.41. The van der Waals surface area contributed by atoms with Gasteiger partial charge >= 0.3 is 0 Å². The molecule has 1 aliphatic heterocycles. The molecule has 2 aromatic rings. The minimum absolute atomic E-state index is 0.0417. The van der Waals surface area contributed by atoms with E-state index in [2.05, 4.69) is 22.4 Å². The number of thiazole rings is 1. The number of benzene rings is 1. The molecule has 2 aliphatic rings. The van der Waals surface area contributed by atoms with Crippen LogP contribution >= 0.6 is 11.3 Å². The molecule has 4 rings (SSSR count). The van der Waals surface area contributed by atoms with Gasteiger partial charge in [-0.05, 0) is 43.5 Å². The zero-order valence-electron chi connectivity index (χ0n) is 15.5. The van der Waals surface area contributed by atoms with Gasteiger partial charge in [0.25, 0.3) is 0 Å². The second kappa shape index (κ2) is 7.72. The SMILES string of the molecule is Cc1nc(/C=C/C(=O)NCC2(c3ccc4c(c3)OCO4)CCCCC2)cs1. The van der Waals surface area contributed by atoms with E-state index in [1.54, 1.807) is 23.5 Å². The molecule has 1 fully saturated rings. The Kier molecular flexibility index (Phi) is 5.16. The van der Waals surface area contributed by atoms with Gasteiger partial charge in [-0.25, -0.2) is 4.98 Å². The monoisotopic (exact) mass is 384 g/mol. The summed E-state index contributed by atoms with van der Waals surface area (Å²) in [5.74, 6) is 1.53. The van der Waals surface area contributed by atoms with Crippen molar-refractivity contribution in [1.29, 1.82) is 0 Å². The minimum Gasteiger partial charge on any atom is -0.454 e. The van der Waals surface area contributed by atoms with Crippen molar-refractivity contribution in [3.8, 4) is 11.5 Å². The molecule has 142 valence electrons. The van der Waals surface area contributed by atoms with Gasteiger partial charge in [0.15, 0.2) is 11.5 Å². The van der Waals surface area contributed by atoms with Crippen molar-refractivity contribution in [3.05, 3.63) is 45.9 Å². The van der Waals surface area contributed by atoms with Crippen LogP contribution in [0.15, 0.2) is 29.7 Å². The molecule has 0 saturated heterocycles. The van der Waals surface area contributed by atoms with Crippen molar-refractivity contribution in [2.24, 2.45) is 0 Å². The van der Waals surface area contributed by atoms with E-state index in [4.69, 9.17) is 9.47 Å². The highest BCUT2D eigenvalue weighted by atomic mass is 32.1. The molecule has 1 saturated carbocycles. The van der Waals surface area contributed by atoms with Gasteiger partial charge < -0.3 is 14.8 Å². The molecule has 1 aromatic carbocycles. The standard InChI is InChI=1S/C21H24N2O3S/c1-15-23-17(12-27-15)6-8-20(24)22-13-21(9-3-2-4-10-21)16-5-7-18-19(11-16)26-14-25-18/h5-8,11-12H,2-4,9-10,13-14H2,1H3,(H,22,24)/b8-6+. The molecule has 1 amide bonds. The van der Waals surface area contributed by atoms with Gasteiger partial charge in [0.05, 0.1) is 10.7 Å². The molecule has 0 spiro atoms. The van der Waals surface area contributed by atoms with Crippen LogP contribution in [0.1, 0.15) is 48.4 Å². The smallest absolute Gasteiger partial charge is 0.244 e. The van der Waals surface area contributed by atoms with Crippen LogP contribution in [0.2, 0.25) is 0 Å². The van der Waals surface area contributed by atoms with Crippen LogP contribution in [0.4, 0.5) is 0 Å². The normalized spacial score (nSPS) is 18.0. The summed E-state index contributed by atoms with van der Waals surface area (Å²) in [6.07, 6.45) is 9.10. The zero-order chi connectivity index (χ0) is 18.7. The first-order chi connectivity index (χ1) is 13.1. The highest BCUT2D eigenvalue weighted by Gasteiger charge is 2.35. The second-order valence-corrected chi connectivity index (χ2v) is 8.31. The Morgan fingerprint density at radius 2 is 2.07 bits per heavy atom. The minimum atomic E-state index is -0.0775. The van der Waals surface area contributed by atoms with Gasteiger partial charge in [-0.1, -0.05) is 25.3 Å². The average molecular weight is 385 g/mol. The van der Waals surface area contributed by atoms with E-state index in [9.17, 15) is 4.79 Å². The predicted molar refractivity (Wildman–Crippen MR) is 106 cm³/mol. The summed E-state index contributed by atoms with van der Waals surface area (Å²) in [4.78, 5) is 16.7. The fraction of sp³-hybridized carbons (Fsp3) is 0.429. The van der Waals surface area contributed by atoms with E-state index in [1.807, 2.05) is 18.4 Å². The fourth-order valence-corrected chi connectivity index (χ4v) is 4.54. The third-order valence-electron chi connectivity index (χ3n) is 5.44. The van der Waals surface area contributed by atoms with Crippen molar-refractivity contribution in [3.63, 3.8) is 0 Å². The Morgan fingerprint density at radius 1 is 1.26 bits per heavy atom. The Labute approximate surface area is 163 Å². The number of fused-ring (bicyclic) bond motifs is 1. The fourth-order valence-electron chi connectivity index (χ4n) is 3.96. The zero-order valence-corrected chi connectivity index (χ0v) is 16.3. The molecule has 6 heteroatoms. The summed E-state index contributed by atoms with van der Waals surface area (Å²) in [6.45, 7) is 2.87. The molecule has 0 radical (unpaired) electrons. The van der Waals surface area contributed by atoms with Crippen LogP contribution in [-0.2, 0) is 10.2 Å². The Bertz CT molecular complexity index is 853. The molecule has 1 aliphatic carbocycles.